The molecule has 27 heavy (non-hydrogen) atoms. The van der Waals surface area contributed by atoms with E-state index in [1.54, 1.807) is 7.11 Å². The summed E-state index contributed by atoms with van der Waals surface area (Å²) in [6, 6.07) is 8.08. The van der Waals surface area contributed by atoms with E-state index in [1.165, 1.54) is 0 Å². The number of aryl methyl sites for hydroxylation is 1. The summed E-state index contributed by atoms with van der Waals surface area (Å²) in [5, 5.41) is 7.27. The average Bonchev–Trinajstić information content (AvgIpc) is 3.38. The van der Waals surface area contributed by atoms with Crippen LogP contribution in [0.2, 0.25) is 0 Å². The zero-order valence-electron chi connectivity index (χ0n) is 16.2. The van der Waals surface area contributed by atoms with Crippen LogP contribution in [0.1, 0.15) is 61.7 Å². The highest BCUT2D eigenvalue weighted by atomic mass is 16.5. The van der Waals surface area contributed by atoms with Crippen LogP contribution in [-0.2, 0) is 10.2 Å². The van der Waals surface area contributed by atoms with Crippen LogP contribution in [-0.4, -0.2) is 46.2 Å². The number of H-pyrrole nitrogens is 1. The van der Waals surface area contributed by atoms with Crippen LogP contribution in [0, 0.1) is 6.92 Å². The zero-order chi connectivity index (χ0) is 18.9. The molecule has 1 N–H and O–H groups in total. The number of hydrogen-bond donors (Lipinski definition) is 1. The first kappa shape index (κ1) is 18.0. The van der Waals surface area contributed by atoms with Gasteiger partial charge in [-0.1, -0.05) is 25.0 Å². The minimum Gasteiger partial charge on any atom is -0.497 e. The van der Waals surface area contributed by atoms with Crippen molar-refractivity contribution in [1.29, 1.82) is 0 Å². The molecule has 2 aliphatic rings. The number of nitrogens with zero attached hydrogens (tertiary/aromatic N) is 3. The number of ether oxygens (including phenoxy) is 1. The zero-order valence-corrected chi connectivity index (χ0v) is 16.2. The molecule has 4 rings (SSSR count). The Labute approximate surface area is 160 Å². The molecular formula is C21H28N4O2. The lowest BCUT2D eigenvalue weighted by Gasteiger charge is -2.39. The third kappa shape index (κ3) is 3.33. The molecule has 1 amide bonds. The number of carbonyl (C=O) groups excluding carboxylic acids is 1. The Morgan fingerprint density at radius 2 is 1.96 bits per heavy atom. The summed E-state index contributed by atoms with van der Waals surface area (Å²) in [5.74, 6) is 3.01. The van der Waals surface area contributed by atoms with E-state index in [0.29, 0.717) is 6.54 Å². The van der Waals surface area contributed by atoms with Gasteiger partial charge in [-0.25, -0.2) is 4.98 Å². The summed E-state index contributed by atoms with van der Waals surface area (Å²) in [6.45, 7) is 3.46. The van der Waals surface area contributed by atoms with Crippen LogP contribution < -0.4 is 4.74 Å². The van der Waals surface area contributed by atoms with Crippen molar-refractivity contribution in [2.75, 3.05) is 20.2 Å². The van der Waals surface area contributed by atoms with Gasteiger partial charge in [0.05, 0.1) is 12.5 Å². The normalized spacial score (nSPS) is 22.0. The highest BCUT2D eigenvalue weighted by molar-refractivity contribution is 5.89. The predicted octanol–water partition coefficient (Wildman–Crippen LogP) is 3.34. The molecule has 1 aromatic carbocycles. The van der Waals surface area contributed by atoms with Gasteiger partial charge in [0.2, 0.25) is 5.91 Å². The highest BCUT2D eigenvalue weighted by Crippen LogP contribution is 2.44. The second-order valence-electron chi connectivity index (χ2n) is 7.89. The monoisotopic (exact) mass is 368 g/mol. The fraction of sp³-hybridized carbons (Fsp3) is 0.571. The number of rotatable bonds is 4. The van der Waals surface area contributed by atoms with Crippen LogP contribution >= 0.6 is 0 Å². The molecule has 0 radical (unpaired) electrons. The molecule has 144 valence electrons. The molecule has 0 spiro atoms. The molecule has 1 saturated heterocycles. The van der Waals surface area contributed by atoms with E-state index in [1.807, 2.05) is 19.1 Å². The van der Waals surface area contributed by atoms with Crippen LogP contribution in [0.15, 0.2) is 24.3 Å². The molecule has 1 aromatic heterocycles. The van der Waals surface area contributed by atoms with Crippen LogP contribution in [0.4, 0.5) is 0 Å². The molecular weight excluding hydrogens is 340 g/mol. The SMILES string of the molecule is COc1ccc(C2(C(=O)N3CCCC(c4n[nH]c(C)n4)C3)CCCC2)cc1. The fourth-order valence-electron chi connectivity index (χ4n) is 4.73. The number of benzene rings is 1. The van der Waals surface area contributed by atoms with Gasteiger partial charge >= 0.3 is 0 Å². The summed E-state index contributed by atoms with van der Waals surface area (Å²) in [4.78, 5) is 20.3. The Kier molecular flexibility index (Phi) is 4.89. The van der Waals surface area contributed by atoms with E-state index >= 15 is 0 Å². The number of likely N-dealkylation sites (tertiary alicyclic amines) is 1. The molecule has 2 aromatic rings. The second-order valence-corrected chi connectivity index (χ2v) is 7.89. The maximum absolute atomic E-state index is 13.7. The minimum absolute atomic E-state index is 0.224. The van der Waals surface area contributed by atoms with Crippen LogP contribution in [0.3, 0.4) is 0 Å². The fourth-order valence-corrected chi connectivity index (χ4v) is 4.73. The Balaban J connectivity index is 1.58. The maximum atomic E-state index is 13.7. The molecule has 1 unspecified atom stereocenters. The topological polar surface area (TPSA) is 71.1 Å². The van der Waals surface area contributed by atoms with Gasteiger partial charge in [-0.15, -0.1) is 0 Å². The van der Waals surface area contributed by atoms with E-state index in [0.717, 1.165) is 68.0 Å². The maximum Gasteiger partial charge on any atom is 0.233 e. The van der Waals surface area contributed by atoms with E-state index < -0.39 is 0 Å². The predicted molar refractivity (Wildman–Crippen MR) is 103 cm³/mol. The summed E-state index contributed by atoms with van der Waals surface area (Å²) in [6.07, 6.45) is 6.11. The summed E-state index contributed by atoms with van der Waals surface area (Å²) >= 11 is 0. The first-order valence-electron chi connectivity index (χ1n) is 9.95. The van der Waals surface area contributed by atoms with E-state index in [9.17, 15) is 4.79 Å². The van der Waals surface area contributed by atoms with Crippen molar-refractivity contribution in [3.63, 3.8) is 0 Å². The number of nitrogens with one attached hydrogen (secondary N) is 1. The molecule has 2 fully saturated rings. The number of aromatic amines is 1. The van der Waals surface area contributed by atoms with Gasteiger partial charge < -0.3 is 9.64 Å². The summed E-state index contributed by atoms with van der Waals surface area (Å²) < 4.78 is 5.29. The largest absolute Gasteiger partial charge is 0.497 e. The van der Waals surface area contributed by atoms with Crippen molar-refractivity contribution in [2.45, 2.75) is 56.8 Å². The van der Waals surface area contributed by atoms with Gasteiger partial charge in [-0.2, -0.15) is 5.10 Å². The Bertz CT molecular complexity index is 793. The third-order valence-corrected chi connectivity index (χ3v) is 6.20. The minimum atomic E-state index is -0.386. The Morgan fingerprint density at radius 1 is 1.22 bits per heavy atom. The van der Waals surface area contributed by atoms with Crippen molar-refractivity contribution >= 4 is 5.91 Å². The number of carbonyl (C=O) groups is 1. The molecule has 6 heteroatoms. The molecule has 6 nitrogen and oxygen atoms in total. The van der Waals surface area contributed by atoms with Gasteiger partial charge in [0.15, 0.2) is 5.82 Å². The molecule has 1 aliphatic heterocycles. The average molecular weight is 368 g/mol. The van der Waals surface area contributed by atoms with Crippen molar-refractivity contribution in [3.8, 4) is 5.75 Å². The lowest BCUT2D eigenvalue weighted by atomic mass is 9.77. The number of piperidine rings is 1. The smallest absolute Gasteiger partial charge is 0.233 e. The third-order valence-electron chi connectivity index (χ3n) is 6.20. The number of amides is 1. The Hall–Kier alpha value is -2.37. The van der Waals surface area contributed by atoms with Gasteiger partial charge in [0.1, 0.15) is 11.6 Å². The first-order valence-corrected chi connectivity index (χ1v) is 9.95. The van der Waals surface area contributed by atoms with Gasteiger partial charge in [-0.05, 0) is 50.3 Å². The lowest BCUT2D eigenvalue weighted by Crippen LogP contribution is -2.49. The highest BCUT2D eigenvalue weighted by Gasteiger charge is 2.45. The molecule has 1 saturated carbocycles. The first-order chi connectivity index (χ1) is 13.1. The van der Waals surface area contributed by atoms with Gasteiger partial charge in [0.25, 0.3) is 0 Å². The van der Waals surface area contributed by atoms with Crippen LogP contribution in [0.25, 0.3) is 0 Å². The summed E-state index contributed by atoms with van der Waals surface area (Å²) in [7, 11) is 1.67. The number of hydrogen-bond acceptors (Lipinski definition) is 4. The quantitative estimate of drug-likeness (QED) is 0.898. The molecule has 0 bridgehead atoms. The van der Waals surface area contributed by atoms with E-state index in [2.05, 4.69) is 32.2 Å². The molecule has 2 heterocycles. The van der Waals surface area contributed by atoms with Crippen molar-refractivity contribution < 1.29 is 9.53 Å². The summed E-state index contributed by atoms with van der Waals surface area (Å²) in [5.41, 5.74) is 0.741. The van der Waals surface area contributed by atoms with Gasteiger partial charge in [0, 0.05) is 19.0 Å². The number of methoxy groups -OCH3 is 1. The van der Waals surface area contributed by atoms with Crippen molar-refractivity contribution in [3.05, 3.63) is 41.5 Å². The van der Waals surface area contributed by atoms with Crippen molar-refractivity contribution in [1.82, 2.24) is 20.1 Å². The standard InChI is InChI=1S/C21H28N4O2/c1-15-22-19(24-23-15)16-6-5-13-25(14-16)20(26)21(11-3-4-12-21)17-7-9-18(27-2)10-8-17/h7-10,16H,3-6,11-14H2,1-2H3,(H,22,23,24). The lowest BCUT2D eigenvalue weighted by molar-refractivity contribution is -0.138. The second kappa shape index (κ2) is 7.33. The van der Waals surface area contributed by atoms with Crippen LogP contribution in [0.5, 0.6) is 5.75 Å². The van der Waals surface area contributed by atoms with Crippen molar-refractivity contribution in [2.24, 2.45) is 0 Å². The number of aromatic nitrogens is 3. The van der Waals surface area contributed by atoms with E-state index in [-0.39, 0.29) is 17.2 Å². The van der Waals surface area contributed by atoms with E-state index in [4.69, 9.17) is 4.74 Å². The molecule has 1 atom stereocenters. The Morgan fingerprint density at radius 3 is 2.59 bits per heavy atom. The molecule has 1 aliphatic carbocycles. The van der Waals surface area contributed by atoms with Gasteiger partial charge in [-0.3, -0.25) is 9.89 Å².